The summed E-state index contributed by atoms with van der Waals surface area (Å²) in [5, 5.41) is 0. The molecule has 0 aromatic carbocycles. The van der Waals surface area contributed by atoms with Crippen LogP contribution in [0.1, 0.15) is 61.8 Å². The van der Waals surface area contributed by atoms with Crippen molar-refractivity contribution in [3.05, 3.63) is 0 Å². The smallest absolute Gasteiger partial charge is 0.0304 e. The average molecular weight is 186 g/mol. The van der Waals surface area contributed by atoms with Crippen molar-refractivity contribution >= 4 is 0 Å². The summed E-state index contributed by atoms with van der Waals surface area (Å²) in [7, 11) is 0. The van der Waals surface area contributed by atoms with Gasteiger partial charge in [0.1, 0.15) is 0 Å². The zero-order valence-corrected chi connectivity index (χ0v) is 7.82. The number of hydrogen-bond acceptors (Lipinski definition) is 1. The molecule has 0 aromatic rings. The highest BCUT2D eigenvalue weighted by atomic mass is 14.8. The lowest BCUT2D eigenvalue weighted by Gasteiger charge is -2.64. The van der Waals surface area contributed by atoms with Crippen molar-refractivity contribution in [1.82, 2.24) is 0 Å². The van der Waals surface area contributed by atoms with Gasteiger partial charge in [-0.15, -0.1) is 0 Å². The predicted molar refractivity (Wildman–Crippen MR) is 54.3 cm³/mol. The third-order valence-corrected chi connectivity index (χ3v) is 3.84. The second-order valence-corrected chi connectivity index (χ2v) is 5.73. The summed E-state index contributed by atoms with van der Waals surface area (Å²) in [6.07, 6.45) is 1.76. The Morgan fingerprint density at radius 2 is 1.77 bits per heavy atom. The van der Waals surface area contributed by atoms with Crippen LogP contribution in [0, 0.1) is 16.7 Å². The van der Waals surface area contributed by atoms with Crippen molar-refractivity contribution in [1.29, 1.82) is 0 Å². The third kappa shape index (κ3) is 1.09. The lowest BCUT2D eigenvalue weighted by Crippen LogP contribution is -2.62. The van der Waals surface area contributed by atoms with Gasteiger partial charge in [0, 0.05) is 15.1 Å². The van der Waals surface area contributed by atoms with E-state index in [2.05, 4.69) is 0 Å². The number of nitrogens with two attached hydrogens (primary N) is 1. The van der Waals surface area contributed by atoms with Gasteiger partial charge >= 0.3 is 0 Å². The van der Waals surface area contributed by atoms with Crippen LogP contribution in [0.4, 0.5) is 0 Å². The molecule has 2 unspecified atom stereocenters. The molecule has 0 amide bonds. The SMILES string of the molecule is [2H]C12CC3(N)CC(C([2H])([2H])[2H])(C1)CC(C([2H])([2H])[2H])(C2)C3. The molecular formula is C12H21N. The standard InChI is InChI=1S/C12H21N/c1-10-3-9-4-11(2,6-10)8-12(13,5-9)7-10/h9H,3-8,13H2,1-2H3/i1D3,2D3,9D. The van der Waals surface area contributed by atoms with E-state index in [-0.39, 0.29) is 19.3 Å². The van der Waals surface area contributed by atoms with Crippen molar-refractivity contribution in [3.8, 4) is 0 Å². The van der Waals surface area contributed by atoms with Gasteiger partial charge in [0.2, 0.25) is 0 Å². The van der Waals surface area contributed by atoms with Crippen LogP contribution in [-0.2, 0) is 0 Å². The maximum Gasteiger partial charge on any atom is 0.0304 e. The van der Waals surface area contributed by atoms with Crippen LogP contribution >= 0.6 is 0 Å². The first-order valence-electron chi connectivity index (χ1n) is 8.53. The van der Waals surface area contributed by atoms with Gasteiger partial charge in [-0.1, -0.05) is 13.7 Å². The van der Waals surface area contributed by atoms with Crippen molar-refractivity contribution in [2.24, 2.45) is 22.5 Å². The van der Waals surface area contributed by atoms with E-state index < -0.39 is 36.0 Å². The molecule has 74 valence electrons. The molecule has 4 rings (SSSR count). The molecule has 1 heteroatoms. The van der Waals surface area contributed by atoms with Crippen LogP contribution < -0.4 is 5.73 Å². The van der Waals surface area contributed by atoms with Gasteiger partial charge in [0.15, 0.2) is 0 Å². The molecule has 4 saturated carbocycles. The third-order valence-electron chi connectivity index (χ3n) is 3.84. The average Bonchev–Trinajstić information content (AvgIpc) is 2.06. The molecule has 4 aliphatic carbocycles. The number of hydrogen-bond donors (Lipinski definition) is 1. The minimum absolute atomic E-state index is 0.159. The van der Waals surface area contributed by atoms with Gasteiger partial charge in [0.05, 0.1) is 0 Å². The van der Waals surface area contributed by atoms with Crippen molar-refractivity contribution in [2.45, 2.75) is 57.8 Å². The van der Waals surface area contributed by atoms with Gasteiger partial charge in [0.25, 0.3) is 0 Å². The monoisotopic (exact) mass is 186 g/mol. The molecule has 1 nitrogen and oxygen atoms in total. The molecule has 0 heterocycles. The first kappa shape index (κ1) is 3.84. The molecule has 2 N–H and O–H groups in total. The highest BCUT2D eigenvalue weighted by molar-refractivity contribution is 5.12. The first-order chi connectivity index (χ1) is 8.74. The fourth-order valence-corrected chi connectivity index (χ4v) is 4.20. The Morgan fingerprint density at radius 1 is 1.15 bits per heavy atom. The summed E-state index contributed by atoms with van der Waals surface area (Å²) in [4.78, 5) is 0. The second kappa shape index (κ2) is 1.98. The van der Waals surface area contributed by atoms with E-state index in [0.717, 1.165) is 0 Å². The lowest BCUT2D eigenvalue weighted by atomic mass is 9.43. The maximum absolute atomic E-state index is 8.57. The van der Waals surface area contributed by atoms with E-state index in [1.54, 1.807) is 0 Å². The highest BCUT2D eigenvalue weighted by Crippen LogP contribution is 2.65. The summed E-state index contributed by atoms with van der Waals surface area (Å²) in [6, 6.07) is 0. The Hall–Kier alpha value is -0.0400. The van der Waals surface area contributed by atoms with Crippen LogP contribution in [0.15, 0.2) is 0 Å². The molecule has 0 aliphatic heterocycles. The van der Waals surface area contributed by atoms with Crippen molar-refractivity contribution in [2.75, 3.05) is 0 Å². The van der Waals surface area contributed by atoms with Crippen LogP contribution in [-0.4, -0.2) is 5.54 Å². The van der Waals surface area contributed by atoms with Crippen molar-refractivity contribution < 1.29 is 9.60 Å². The molecule has 13 heavy (non-hydrogen) atoms. The van der Waals surface area contributed by atoms with E-state index in [1.807, 2.05) is 0 Å². The summed E-state index contributed by atoms with van der Waals surface area (Å²) in [5.41, 5.74) is 3.36. The minimum Gasteiger partial charge on any atom is -0.325 e. The Bertz CT molecular complexity index is 398. The van der Waals surface area contributed by atoms with Crippen LogP contribution in [0.5, 0.6) is 0 Å². The molecule has 0 radical (unpaired) electrons. The molecule has 4 fully saturated rings. The molecule has 0 saturated heterocycles. The van der Waals surface area contributed by atoms with E-state index in [0.29, 0.717) is 19.3 Å². The normalized spacial score (nSPS) is 79.9. The minimum atomic E-state index is -2.25. The van der Waals surface area contributed by atoms with Gasteiger partial charge in [-0.25, -0.2) is 0 Å². The largest absolute Gasteiger partial charge is 0.325 e. The van der Waals surface area contributed by atoms with E-state index >= 15 is 0 Å². The zero-order valence-electron chi connectivity index (χ0n) is 14.8. The van der Waals surface area contributed by atoms with Crippen LogP contribution in [0.3, 0.4) is 0 Å². The summed E-state index contributed by atoms with van der Waals surface area (Å²) >= 11 is 0. The van der Waals surface area contributed by atoms with E-state index in [9.17, 15) is 0 Å². The Labute approximate surface area is 90.9 Å². The summed E-state index contributed by atoms with van der Waals surface area (Å²) in [5.74, 6) is -0.994. The summed E-state index contributed by atoms with van der Waals surface area (Å²) in [6.45, 7) is -4.50. The summed E-state index contributed by atoms with van der Waals surface area (Å²) < 4.78 is 55.9. The van der Waals surface area contributed by atoms with Crippen molar-refractivity contribution in [3.63, 3.8) is 0 Å². The van der Waals surface area contributed by atoms with E-state index in [4.69, 9.17) is 15.3 Å². The quantitative estimate of drug-likeness (QED) is 0.618. The number of rotatable bonds is 0. The molecule has 4 aliphatic rings. The van der Waals surface area contributed by atoms with Gasteiger partial charge in [-0.05, 0) is 55.2 Å². The fourth-order valence-electron chi connectivity index (χ4n) is 4.20. The van der Waals surface area contributed by atoms with Gasteiger partial charge < -0.3 is 5.73 Å². The molecule has 4 bridgehead atoms. The maximum atomic E-state index is 8.57. The second-order valence-electron chi connectivity index (χ2n) is 5.73. The van der Waals surface area contributed by atoms with Gasteiger partial charge in [-0.2, -0.15) is 0 Å². The zero-order chi connectivity index (χ0) is 15.2. The molecule has 0 spiro atoms. The van der Waals surface area contributed by atoms with E-state index in [1.165, 1.54) is 0 Å². The lowest BCUT2D eigenvalue weighted by molar-refractivity contribution is -0.104. The molecular weight excluding hydrogens is 158 g/mol. The predicted octanol–water partition coefficient (Wildman–Crippen LogP) is 2.69. The van der Waals surface area contributed by atoms with Crippen LogP contribution in [0.2, 0.25) is 0 Å². The first-order valence-corrected chi connectivity index (χ1v) is 5.03. The Morgan fingerprint density at radius 3 is 2.23 bits per heavy atom. The highest BCUT2D eigenvalue weighted by Gasteiger charge is 2.58. The Kier molecular flexibility index (Phi) is 0.584. The molecule has 2 atom stereocenters. The Balaban J connectivity index is 2.16. The van der Waals surface area contributed by atoms with Crippen LogP contribution in [0.25, 0.3) is 0 Å². The molecule has 0 aromatic heterocycles. The fraction of sp³-hybridized carbons (Fsp3) is 1.00. The van der Waals surface area contributed by atoms with Gasteiger partial charge in [-0.3, -0.25) is 0 Å². The topological polar surface area (TPSA) is 26.0 Å².